The summed E-state index contributed by atoms with van der Waals surface area (Å²) in [5.41, 5.74) is 9.57. The fraction of sp³-hybridized carbons (Fsp3) is 0.500. The predicted molar refractivity (Wildman–Crippen MR) is 73.1 cm³/mol. The first kappa shape index (κ1) is 12.0. The van der Waals surface area contributed by atoms with Crippen LogP contribution in [-0.2, 0) is 5.54 Å². The summed E-state index contributed by atoms with van der Waals surface area (Å²) in [7, 11) is 0. The third kappa shape index (κ3) is 1.70. The molecule has 92 valence electrons. The van der Waals surface area contributed by atoms with Crippen LogP contribution in [0.15, 0.2) is 18.2 Å². The molecule has 0 atom stereocenters. The minimum absolute atomic E-state index is 0.0466. The van der Waals surface area contributed by atoms with Gasteiger partial charge in [0.15, 0.2) is 0 Å². The molecule has 0 saturated carbocycles. The number of anilines is 1. The molecule has 17 heavy (non-hydrogen) atoms. The molecule has 2 rings (SSSR count). The lowest BCUT2D eigenvalue weighted by molar-refractivity contribution is 0.307. The van der Waals surface area contributed by atoms with Crippen LogP contribution < -0.4 is 5.73 Å². The number of nitrogen functional groups attached to an aromatic ring is 1. The van der Waals surface area contributed by atoms with Crippen LogP contribution in [0.25, 0.3) is 11.0 Å². The van der Waals surface area contributed by atoms with Crippen molar-refractivity contribution in [3.63, 3.8) is 0 Å². The topological polar surface area (TPSA) is 43.8 Å². The lowest BCUT2D eigenvalue weighted by Gasteiger charge is -2.30. The number of nitrogens with zero attached hydrogens (tertiary/aromatic N) is 2. The standard InChI is InChI=1S/C14H21N3/c1-5-14(4,6-2)17-12-10(3)8-7-9-11(12)16-13(17)15/h7-9H,5-6H2,1-4H3,(H2,15,16). The zero-order chi connectivity index (χ0) is 12.6. The van der Waals surface area contributed by atoms with E-state index >= 15 is 0 Å². The summed E-state index contributed by atoms with van der Waals surface area (Å²) >= 11 is 0. The molecule has 0 fully saturated rings. The highest BCUT2D eigenvalue weighted by molar-refractivity contribution is 5.82. The van der Waals surface area contributed by atoms with Crippen molar-refractivity contribution in [1.82, 2.24) is 9.55 Å². The van der Waals surface area contributed by atoms with Gasteiger partial charge in [-0.1, -0.05) is 26.0 Å². The highest BCUT2D eigenvalue weighted by Crippen LogP contribution is 2.33. The van der Waals surface area contributed by atoms with Gasteiger partial charge < -0.3 is 10.3 Å². The smallest absolute Gasteiger partial charge is 0.201 e. The van der Waals surface area contributed by atoms with Crippen molar-refractivity contribution in [2.75, 3.05) is 5.73 Å². The SMILES string of the molecule is CCC(C)(CC)n1c(N)nc2cccc(C)c21. The summed E-state index contributed by atoms with van der Waals surface area (Å²) < 4.78 is 2.21. The van der Waals surface area contributed by atoms with Gasteiger partial charge in [-0.15, -0.1) is 0 Å². The van der Waals surface area contributed by atoms with E-state index in [2.05, 4.69) is 43.3 Å². The molecule has 0 aliphatic carbocycles. The summed E-state index contributed by atoms with van der Waals surface area (Å²) in [6.45, 7) is 8.77. The zero-order valence-corrected chi connectivity index (χ0v) is 11.1. The Bertz CT molecular complexity index is 536. The maximum atomic E-state index is 6.11. The molecule has 1 aromatic heterocycles. The minimum atomic E-state index is 0.0466. The molecular formula is C14H21N3. The monoisotopic (exact) mass is 231 g/mol. The number of fused-ring (bicyclic) bond motifs is 1. The van der Waals surface area contributed by atoms with E-state index in [9.17, 15) is 0 Å². The van der Waals surface area contributed by atoms with E-state index in [1.54, 1.807) is 0 Å². The molecule has 0 amide bonds. The van der Waals surface area contributed by atoms with E-state index in [4.69, 9.17) is 5.73 Å². The average Bonchev–Trinajstić information content (AvgIpc) is 2.66. The molecule has 0 saturated heterocycles. The number of para-hydroxylation sites is 1. The number of hydrogen-bond donors (Lipinski definition) is 1. The quantitative estimate of drug-likeness (QED) is 0.879. The van der Waals surface area contributed by atoms with Gasteiger partial charge in [0.2, 0.25) is 5.95 Å². The Morgan fingerprint density at radius 2 is 1.94 bits per heavy atom. The number of rotatable bonds is 3. The molecule has 3 nitrogen and oxygen atoms in total. The van der Waals surface area contributed by atoms with Gasteiger partial charge in [-0.25, -0.2) is 4.98 Å². The van der Waals surface area contributed by atoms with Crippen LogP contribution in [0, 0.1) is 6.92 Å². The van der Waals surface area contributed by atoms with Crippen LogP contribution in [0.1, 0.15) is 39.2 Å². The summed E-state index contributed by atoms with van der Waals surface area (Å²) in [5.74, 6) is 0.625. The van der Waals surface area contributed by atoms with Gasteiger partial charge in [0.1, 0.15) is 0 Å². The highest BCUT2D eigenvalue weighted by Gasteiger charge is 2.27. The predicted octanol–water partition coefficient (Wildman–Crippen LogP) is 3.46. The van der Waals surface area contributed by atoms with Crippen molar-refractivity contribution in [3.05, 3.63) is 23.8 Å². The van der Waals surface area contributed by atoms with E-state index in [0.29, 0.717) is 5.95 Å². The van der Waals surface area contributed by atoms with E-state index < -0.39 is 0 Å². The van der Waals surface area contributed by atoms with Gasteiger partial charge in [-0.3, -0.25) is 0 Å². The van der Waals surface area contributed by atoms with Gasteiger partial charge in [0.05, 0.1) is 11.0 Å². The second-order valence-electron chi connectivity index (χ2n) is 4.95. The maximum absolute atomic E-state index is 6.11. The van der Waals surface area contributed by atoms with Gasteiger partial charge in [-0.05, 0) is 38.3 Å². The molecule has 0 bridgehead atoms. The van der Waals surface area contributed by atoms with E-state index in [1.165, 1.54) is 11.1 Å². The Kier molecular flexibility index (Phi) is 2.86. The lowest BCUT2D eigenvalue weighted by atomic mass is 9.94. The van der Waals surface area contributed by atoms with Crippen molar-refractivity contribution in [3.8, 4) is 0 Å². The normalized spacial score (nSPS) is 12.2. The zero-order valence-electron chi connectivity index (χ0n) is 11.1. The fourth-order valence-electron chi connectivity index (χ4n) is 2.43. The second kappa shape index (κ2) is 4.06. The first-order valence-electron chi connectivity index (χ1n) is 6.27. The van der Waals surface area contributed by atoms with E-state index in [0.717, 1.165) is 18.4 Å². The third-order valence-electron chi connectivity index (χ3n) is 3.97. The van der Waals surface area contributed by atoms with E-state index in [1.807, 2.05) is 12.1 Å². The van der Waals surface area contributed by atoms with Crippen LogP contribution in [0.3, 0.4) is 0 Å². The van der Waals surface area contributed by atoms with Crippen LogP contribution in [0.4, 0.5) is 5.95 Å². The molecule has 0 aliphatic rings. The van der Waals surface area contributed by atoms with Crippen molar-refractivity contribution in [2.45, 2.75) is 46.1 Å². The Balaban J connectivity index is 2.80. The van der Waals surface area contributed by atoms with Crippen molar-refractivity contribution in [1.29, 1.82) is 0 Å². The molecule has 0 unspecified atom stereocenters. The van der Waals surface area contributed by atoms with E-state index in [-0.39, 0.29) is 5.54 Å². The average molecular weight is 231 g/mol. The summed E-state index contributed by atoms with van der Waals surface area (Å²) in [4.78, 5) is 4.48. The number of aromatic nitrogens is 2. The number of imidazole rings is 1. The van der Waals surface area contributed by atoms with Crippen LogP contribution >= 0.6 is 0 Å². The van der Waals surface area contributed by atoms with Gasteiger partial charge in [-0.2, -0.15) is 0 Å². The number of hydrogen-bond acceptors (Lipinski definition) is 2. The molecule has 2 aromatic rings. The van der Waals surface area contributed by atoms with Gasteiger partial charge in [0.25, 0.3) is 0 Å². The summed E-state index contributed by atoms with van der Waals surface area (Å²) in [5, 5.41) is 0. The molecule has 1 aromatic carbocycles. The molecule has 0 spiro atoms. The number of nitrogens with two attached hydrogens (primary N) is 1. The summed E-state index contributed by atoms with van der Waals surface area (Å²) in [6, 6.07) is 6.18. The third-order valence-corrected chi connectivity index (χ3v) is 3.97. The molecular weight excluding hydrogens is 210 g/mol. The Morgan fingerprint density at radius 3 is 2.53 bits per heavy atom. The Labute approximate surface area is 103 Å². The van der Waals surface area contributed by atoms with Gasteiger partial charge in [0, 0.05) is 5.54 Å². The molecule has 1 heterocycles. The number of aryl methyl sites for hydroxylation is 1. The largest absolute Gasteiger partial charge is 0.369 e. The fourth-order valence-corrected chi connectivity index (χ4v) is 2.43. The maximum Gasteiger partial charge on any atom is 0.201 e. The van der Waals surface area contributed by atoms with Crippen molar-refractivity contribution < 1.29 is 0 Å². The Morgan fingerprint density at radius 1 is 1.29 bits per heavy atom. The minimum Gasteiger partial charge on any atom is -0.369 e. The molecule has 3 heteroatoms. The van der Waals surface area contributed by atoms with Crippen LogP contribution in [0.2, 0.25) is 0 Å². The van der Waals surface area contributed by atoms with Crippen molar-refractivity contribution in [2.24, 2.45) is 0 Å². The summed E-state index contributed by atoms with van der Waals surface area (Å²) in [6.07, 6.45) is 2.10. The molecule has 0 radical (unpaired) electrons. The van der Waals surface area contributed by atoms with Gasteiger partial charge >= 0.3 is 0 Å². The second-order valence-corrected chi connectivity index (χ2v) is 4.95. The highest BCUT2D eigenvalue weighted by atomic mass is 15.2. The first-order valence-corrected chi connectivity index (χ1v) is 6.27. The van der Waals surface area contributed by atoms with Crippen molar-refractivity contribution >= 4 is 17.0 Å². The van der Waals surface area contributed by atoms with Crippen LogP contribution in [-0.4, -0.2) is 9.55 Å². The van der Waals surface area contributed by atoms with Crippen LogP contribution in [0.5, 0.6) is 0 Å². The molecule has 0 aliphatic heterocycles. The number of benzene rings is 1. The lowest BCUT2D eigenvalue weighted by Crippen LogP contribution is -2.29. The molecule has 2 N–H and O–H groups in total. The Hall–Kier alpha value is -1.51. The first-order chi connectivity index (χ1) is 8.03.